The Morgan fingerprint density at radius 3 is 2.36 bits per heavy atom. The zero-order valence-corrected chi connectivity index (χ0v) is 6.08. The Morgan fingerprint density at radius 1 is 1.18 bits per heavy atom. The summed E-state index contributed by atoms with van der Waals surface area (Å²) >= 11 is 5.52. The number of benzene rings is 1. The van der Waals surface area contributed by atoms with Gasteiger partial charge in [0, 0.05) is 0 Å². The van der Waals surface area contributed by atoms with Crippen molar-refractivity contribution in [2.24, 2.45) is 10.4 Å². The van der Waals surface area contributed by atoms with Crippen molar-refractivity contribution in [2.75, 3.05) is 0 Å². The average molecular weight is 171 g/mol. The smallest absolute Gasteiger partial charge is 0.145 e. The first-order valence-corrected chi connectivity index (χ1v) is 3.12. The molecule has 0 amide bonds. The lowest BCUT2D eigenvalue weighted by atomic mass is 10.3. The van der Waals surface area contributed by atoms with E-state index in [1.807, 2.05) is 0 Å². The molecular weight excluding hydrogens is 168 g/mol. The molecule has 5 heteroatoms. The van der Waals surface area contributed by atoms with E-state index in [-0.39, 0.29) is 16.4 Å². The Labute approximate surface area is 67.1 Å². The predicted molar refractivity (Wildman–Crippen MR) is 42.4 cm³/mol. The fourth-order valence-electron chi connectivity index (χ4n) is 0.668. The topological polar surface area (TPSA) is 58.9 Å². The van der Waals surface area contributed by atoms with Crippen LogP contribution in [0.3, 0.4) is 0 Å². The highest BCUT2D eigenvalue weighted by atomic mass is 35.5. The molecule has 0 aliphatic carbocycles. The molecule has 0 saturated heterocycles. The summed E-state index contributed by atoms with van der Waals surface area (Å²) in [4.78, 5) is 20.1. The molecule has 0 radical (unpaired) electrons. The monoisotopic (exact) mass is 170 g/mol. The standard InChI is InChI=1S/C6H3ClN2O2/c7-4-2-1-3-5(8-10)6(4)9-11/h1-3H. The molecule has 0 saturated carbocycles. The van der Waals surface area contributed by atoms with Gasteiger partial charge in [-0.3, -0.25) is 0 Å². The first-order valence-electron chi connectivity index (χ1n) is 2.75. The molecule has 0 atom stereocenters. The lowest BCUT2D eigenvalue weighted by Gasteiger charge is -1.93. The summed E-state index contributed by atoms with van der Waals surface area (Å²) in [7, 11) is 0. The normalized spacial score (nSPS) is 9.18. The van der Waals surface area contributed by atoms with E-state index in [0.29, 0.717) is 0 Å². The molecule has 1 rings (SSSR count). The van der Waals surface area contributed by atoms with E-state index < -0.39 is 0 Å². The van der Waals surface area contributed by atoms with Crippen LogP contribution in [0, 0.1) is 9.81 Å². The fraction of sp³-hybridized carbons (Fsp3) is 0. The van der Waals surface area contributed by atoms with Gasteiger partial charge in [-0.2, -0.15) is 0 Å². The highest BCUT2D eigenvalue weighted by molar-refractivity contribution is 6.33. The molecule has 11 heavy (non-hydrogen) atoms. The largest absolute Gasteiger partial charge is 0.155 e. The van der Waals surface area contributed by atoms with Crippen molar-refractivity contribution in [3.05, 3.63) is 33.0 Å². The van der Waals surface area contributed by atoms with Gasteiger partial charge in [0.15, 0.2) is 5.69 Å². The molecule has 0 aliphatic rings. The van der Waals surface area contributed by atoms with Gasteiger partial charge in [-0.05, 0) is 22.5 Å². The molecule has 0 aromatic heterocycles. The molecule has 1 aromatic rings. The number of nitrogens with zero attached hydrogens (tertiary/aromatic N) is 2. The minimum absolute atomic E-state index is 0.0347. The van der Waals surface area contributed by atoms with E-state index in [4.69, 9.17) is 11.6 Å². The first-order chi connectivity index (χ1) is 5.29. The van der Waals surface area contributed by atoms with Crippen LogP contribution in [0.2, 0.25) is 5.02 Å². The third kappa shape index (κ3) is 1.40. The molecule has 1 aromatic carbocycles. The van der Waals surface area contributed by atoms with Crippen LogP contribution in [0.15, 0.2) is 28.6 Å². The lowest BCUT2D eigenvalue weighted by Crippen LogP contribution is -1.67. The van der Waals surface area contributed by atoms with Crippen LogP contribution in [-0.4, -0.2) is 0 Å². The van der Waals surface area contributed by atoms with E-state index in [2.05, 4.69) is 10.4 Å². The Balaban J connectivity index is 3.35. The molecule has 0 unspecified atom stereocenters. The summed E-state index contributed by atoms with van der Waals surface area (Å²) in [6.45, 7) is 0. The number of hydrogen-bond donors (Lipinski definition) is 0. The maximum Gasteiger partial charge on any atom is 0.155 e. The van der Waals surface area contributed by atoms with Crippen molar-refractivity contribution >= 4 is 23.0 Å². The summed E-state index contributed by atoms with van der Waals surface area (Å²) in [5.41, 5.74) is -0.142. The van der Waals surface area contributed by atoms with Gasteiger partial charge in [0.1, 0.15) is 5.69 Å². The van der Waals surface area contributed by atoms with Crippen LogP contribution >= 0.6 is 11.6 Å². The van der Waals surface area contributed by atoms with Crippen LogP contribution in [0.1, 0.15) is 0 Å². The van der Waals surface area contributed by atoms with Gasteiger partial charge in [0.05, 0.1) is 5.02 Å². The van der Waals surface area contributed by atoms with E-state index in [1.54, 1.807) is 0 Å². The van der Waals surface area contributed by atoms with E-state index >= 15 is 0 Å². The molecule has 0 aliphatic heterocycles. The van der Waals surface area contributed by atoms with Crippen molar-refractivity contribution in [2.45, 2.75) is 0 Å². The second-order valence-corrected chi connectivity index (χ2v) is 2.20. The highest BCUT2D eigenvalue weighted by Gasteiger charge is 2.06. The van der Waals surface area contributed by atoms with Crippen molar-refractivity contribution in [3.8, 4) is 0 Å². The van der Waals surface area contributed by atoms with Crippen molar-refractivity contribution in [1.29, 1.82) is 0 Å². The van der Waals surface area contributed by atoms with Gasteiger partial charge < -0.3 is 0 Å². The molecular formula is C6H3ClN2O2. The van der Waals surface area contributed by atoms with Gasteiger partial charge in [-0.15, -0.1) is 9.81 Å². The van der Waals surface area contributed by atoms with E-state index in [1.165, 1.54) is 18.2 Å². The SMILES string of the molecule is O=Nc1cccc(Cl)c1N=O. The second kappa shape index (κ2) is 3.21. The Kier molecular flexibility index (Phi) is 2.28. The van der Waals surface area contributed by atoms with Crippen LogP contribution in [0.25, 0.3) is 0 Å². The minimum Gasteiger partial charge on any atom is -0.145 e. The Hall–Kier alpha value is -1.29. The molecule has 0 fully saturated rings. The number of hydrogen-bond acceptors (Lipinski definition) is 4. The summed E-state index contributed by atoms with van der Waals surface area (Å²) in [6.07, 6.45) is 0. The minimum atomic E-state index is -0.107. The van der Waals surface area contributed by atoms with Gasteiger partial charge >= 0.3 is 0 Å². The van der Waals surface area contributed by atoms with E-state index in [0.717, 1.165) is 0 Å². The van der Waals surface area contributed by atoms with Crippen LogP contribution in [0.4, 0.5) is 11.4 Å². The second-order valence-electron chi connectivity index (χ2n) is 1.79. The van der Waals surface area contributed by atoms with Crippen molar-refractivity contribution in [3.63, 3.8) is 0 Å². The number of rotatable bonds is 2. The van der Waals surface area contributed by atoms with Crippen LogP contribution < -0.4 is 0 Å². The van der Waals surface area contributed by atoms with Gasteiger partial charge in [0.2, 0.25) is 0 Å². The third-order valence-electron chi connectivity index (χ3n) is 1.16. The maximum atomic E-state index is 10.1. The Bertz CT molecular complexity index is 301. The summed E-state index contributed by atoms with van der Waals surface area (Å²) in [5.74, 6) is 0. The number of nitroso groups, excluding NO2 is 2. The quantitative estimate of drug-likeness (QED) is 0.640. The first kappa shape index (κ1) is 7.81. The summed E-state index contributed by atoms with van der Waals surface area (Å²) in [6, 6.07) is 4.36. The van der Waals surface area contributed by atoms with Crippen molar-refractivity contribution in [1.82, 2.24) is 0 Å². The van der Waals surface area contributed by atoms with Gasteiger partial charge in [-0.25, -0.2) is 0 Å². The Morgan fingerprint density at radius 2 is 1.91 bits per heavy atom. The summed E-state index contributed by atoms with van der Waals surface area (Å²) < 4.78 is 0. The molecule has 0 bridgehead atoms. The molecule has 0 spiro atoms. The molecule has 0 heterocycles. The molecule has 4 nitrogen and oxygen atoms in total. The van der Waals surface area contributed by atoms with Crippen LogP contribution in [-0.2, 0) is 0 Å². The fourth-order valence-corrected chi connectivity index (χ4v) is 0.872. The highest BCUT2D eigenvalue weighted by Crippen LogP contribution is 2.34. The zero-order valence-electron chi connectivity index (χ0n) is 5.32. The van der Waals surface area contributed by atoms with E-state index in [9.17, 15) is 9.81 Å². The zero-order chi connectivity index (χ0) is 8.27. The van der Waals surface area contributed by atoms with Crippen LogP contribution in [0.5, 0.6) is 0 Å². The summed E-state index contributed by atoms with van der Waals surface area (Å²) in [5, 5.41) is 5.28. The molecule has 56 valence electrons. The van der Waals surface area contributed by atoms with Gasteiger partial charge in [-0.1, -0.05) is 17.7 Å². The maximum absolute atomic E-state index is 10.1. The van der Waals surface area contributed by atoms with Gasteiger partial charge in [0.25, 0.3) is 0 Å². The predicted octanol–water partition coefficient (Wildman–Crippen LogP) is 3.14. The third-order valence-corrected chi connectivity index (χ3v) is 1.46. The lowest BCUT2D eigenvalue weighted by molar-refractivity contribution is 1.42. The van der Waals surface area contributed by atoms with Crippen molar-refractivity contribution < 1.29 is 0 Å². The average Bonchev–Trinajstić information content (AvgIpc) is 2.04. The molecule has 0 N–H and O–H groups in total. The number of halogens is 1.